The normalized spacial score (nSPS) is 14.2. The lowest BCUT2D eigenvalue weighted by atomic mass is 10.1. The molecule has 0 aliphatic carbocycles. The Labute approximate surface area is 188 Å². The number of nitrogens with one attached hydrogen (secondary N) is 1. The lowest BCUT2D eigenvalue weighted by Gasteiger charge is -2.32. The molecular formula is C24H28N6O2. The third kappa shape index (κ3) is 5.53. The van der Waals surface area contributed by atoms with E-state index < -0.39 is 0 Å². The molecule has 3 aromatic rings. The van der Waals surface area contributed by atoms with Crippen molar-refractivity contribution >= 4 is 17.7 Å². The molecule has 0 atom stereocenters. The zero-order chi connectivity index (χ0) is 22.3. The molecule has 8 heteroatoms. The number of nitrogen functional groups attached to an aromatic ring is 1. The summed E-state index contributed by atoms with van der Waals surface area (Å²) < 4.78 is 5.69. The number of rotatable bonds is 7. The van der Waals surface area contributed by atoms with Crippen LogP contribution in [0.1, 0.15) is 10.4 Å². The number of hydrogen-bond donors (Lipinski definition) is 2. The Hall–Kier alpha value is -3.65. The number of benzene rings is 2. The lowest BCUT2D eigenvalue weighted by Crippen LogP contribution is -2.47. The van der Waals surface area contributed by atoms with Crippen LogP contribution in [0.3, 0.4) is 0 Å². The average Bonchev–Trinajstić information content (AvgIpc) is 2.82. The summed E-state index contributed by atoms with van der Waals surface area (Å²) in [5, 5.41) is 3.22. The average molecular weight is 433 g/mol. The van der Waals surface area contributed by atoms with Gasteiger partial charge in [0.15, 0.2) is 0 Å². The van der Waals surface area contributed by atoms with Crippen molar-refractivity contribution in [2.24, 2.45) is 0 Å². The minimum atomic E-state index is 0.0626. The minimum absolute atomic E-state index is 0.0626. The van der Waals surface area contributed by atoms with Crippen molar-refractivity contribution in [2.45, 2.75) is 0 Å². The summed E-state index contributed by atoms with van der Waals surface area (Å²) in [4.78, 5) is 25.5. The van der Waals surface area contributed by atoms with Crippen LogP contribution in [0.4, 0.5) is 11.8 Å². The number of aromatic nitrogens is 2. The lowest BCUT2D eigenvalue weighted by molar-refractivity contribution is 0.0664. The van der Waals surface area contributed by atoms with E-state index in [9.17, 15) is 4.79 Å². The summed E-state index contributed by atoms with van der Waals surface area (Å²) in [7, 11) is 2.07. The molecule has 2 heterocycles. The van der Waals surface area contributed by atoms with Gasteiger partial charge in [-0.05, 0) is 31.3 Å². The van der Waals surface area contributed by atoms with Crippen molar-refractivity contribution in [3.8, 4) is 17.0 Å². The van der Waals surface area contributed by atoms with Crippen molar-refractivity contribution in [2.75, 3.05) is 57.4 Å². The maximum Gasteiger partial charge on any atom is 0.253 e. The highest BCUT2D eigenvalue weighted by Crippen LogP contribution is 2.22. The quantitative estimate of drug-likeness (QED) is 0.554. The summed E-state index contributed by atoms with van der Waals surface area (Å²) in [5.74, 6) is 1.70. The monoisotopic (exact) mass is 432 g/mol. The fourth-order valence-electron chi connectivity index (χ4n) is 3.54. The van der Waals surface area contributed by atoms with Gasteiger partial charge in [-0.3, -0.25) is 4.79 Å². The number of carbonyl (C=O) groups excluding carboxylic acids is 1. The SMILES string of the molecule is CN1CCN(C(=O)c2ccc(-c3cc(NCCOc4ccccc4)nc(N)n3)cc2)CC1. The Bertz CT molecular complexity index is 1030. The molecule has 1 aliphatic heterocycles. The van der Waals surface area contributed by atoms with E-state index in [-0.39, 0.29) is 11.9 Å². The van der Waals surface area contributed by atoms with E-state index in [0.717, 1.165) is 37.5 Å². The standard InChI is InChI=1S/C24H28N6O2/c1-29-12-14-30(15-13-29)23(31)19-9-7-18(8-10-19)21-17-22(28-24(25)27-21)26-11-16-32-20-5-3-2-4-6-20/h2-10,17H,11-16H2,1H3,(H3,25,26,27,28). The van der Waals surface area contributed by atoms with Gasteiger partial charge in [0.25, 0.3) is 5.91 Å². The van der Waals surface area contributed by atoms with Gasteiger partial charge in [-0.1, -0.05) is 30.3 Å². The molecule has 3 N–H and O–H groups in total. The first-order valence-electron chi connectivity index (χ1n) is 10.7. The Morgan fingerprint density at radius 1 is 1.03 bits per heavy atom. The van der Waals surface area contributed by atoms with Crippen LogP contribution in [-0.4, -0.2) is 72.1 Å². The molecule has 166 valence electrons. The maximum atomic E-state index is 12.8. The number of amides is 1. The molecule has 1 fully saturated rings. The van der Waals surface area contributed by atoms with E-state index in [2.05, 4.69) is 27.2 Å². The second-order valence-corrected chi connectivity index (χ2v) is 7.76. The van der Waals surface area contributed by atoms with Gasteiger partial charge < -0.3 is 25.6 Å². The highest BCUT2D eigenvalue weighted by atomic mass is 16.5. The number of nitrogens with two attached hydrogens (primary N) is 1. The Morgan fingerprint density at radius 2 is 1.75 bits per heavy atom. The van der Waals surface area contributed by atoms with Crippen LogP contribution >= 0.6 is 0 Å². The van der Waals surface area contributed by atoms with Crippen molar-refractivity contribution in [3.05, 3.63) is 66.2 Å². The van der Waals surface area contributed by atoms with E-state index in [1.165, 1.54) is 0 Å². The largest absolute Gasteiger partial charge is 0.492 e. The molecule has 0 unspecified atom stereocenters. The predicted octanol–water partition coefficient (Wildman–Crippen LogP) is 2.60. The second-order valence-electron chi connectivity index (χ2n) is 7.76. The third-order valence-electron chi connectivity index (χ3n) is 5.38. The van der Waals surface area contributed by atoms with Crippen LogP contribution < -0.4 is 15.8 Å². The molecule has 1 aliphatic rings. The van der Waals surface area contributed by atoms with Crippen LogP contribution in [-0.2, 0) is 0 Å². The molecule has 0 spiro atoms. The van der Waals surface area contributed by atoms with Gasteiger partial charge in [-0.2, -0.15) is 4.98 Å². The second kappa shape index (κ2) is 10.1. The number of piperazine rings is 1. The molecule has 0 bridgehead atoms. The van der Waals surface area contributed by atoms with Gasteiger partial charge in [-0.15, -0.1) is 0 Å². The Morgan fingerprint density at radius 3 is 2.47 bits per heavy atom. The van der Waals surface area contributed by atoms with Gasteiger partial charge in [0.05, 0.1) is 12.2 Å². The molecule has 8 nitrogen and oxygen atoms in total. The van der Waals surface area contributed by atoms with E-state index >= 15 is 0 Å². The Kier molecular flexibility index (Phi) is 6.81. The highest BCUT2D eigenvalue weighted by molar-refractivity contribution is 5.94. The van der Waals surface area contributed by atoms with Crippen LogP contribution in [0.2, 0.25) is 0 Å². The van der Waals surface area contributed by atoms with Crippen LogP contribution in [0.5, 0.6) is 5.75 Å². The van der Waals surface area contributed by atoms with Crippen LogP contribution in [0.15, 0.2) is 60.7 Å². The van der Waals surface area contributed by atoms with Crippen molar-refractivity contribution < 1.29 is 9.53 Å². The summed E-state index contributed by atoms with van der Waals surface area (Å²) in [6.45, 7) is 4.37. The summed E-state index contributed by atoms with van der Waals surface area (Å²) >= 11 is 0. The van der Waals surface area contributed by atoms with E-state index in [0.29, 0.717) is 30.2 Å². The fraction of sp³-hybridized carbons (Fsp3) is 0.292. The maximum absolute atomic E-state index is 12.8. The first-order chi connectivity index (χ1) is 15.6. The minimum Gasteiger partial charge on any atom is -0.492 e. The van der Waals surface area contributed by atoms with Gasteiger partial charge in [0.1, 0.15) is 18.2 Å². The molecule has 1 saturated heterocycles. The molecule has 0 radical (unpaired) electrons. The number of para-hydroxylation sites is 1. The van der Waals surface area contributed by atoms with Crippen molar-refractivity contribution in [1.82, 2.24) is 19.8 Å². The van der Waals surface area contributed by atoms with Gasteiger partial charge in [-0.25, -0.2) is 4.98 Å². The fourth-order valence-corrected chi connectivity index (χ4v) is 3.54. The molecule has 1 aromatic heterocycles. The van der Waals surface area contributed by atoms with Gasteiger partial charge in [0.2, 0.25) is 5.95 Å². The first kappa shape index (κ1) is 21.6. The number of likely N-dealkylation sites (N-methyl/N-ethyl adjacent to an activating group) is 1. The smallest absolute Gasteiger partial charge is 0.253 e. The zero-order valence-corrected chi connectivity index (χ0v) is 18.2. The number of ether oxygens (including phenoxy) is 1. The number of carbonyl (C=O) groups is 1. The number of hydrogen-bond acceptors (Lipinski definition) is 7. The molecule has 0 saturated carbocycles. The van der Waals surface area contributed by atoms with Crippen LogP contribution in [0.25, 0.3) is 11.3 Å². The third-order valence-corrected chi connectivity index (χ3v) is 5.38. The van der Waals surface area contributed by atoms with Crippen molar-refractivity contribution in [1.29, 1.82) is 0 Å². The summed E-state index contributed by atoms with van der Waals surface area (Å²) in [5.41, 5.74) is 8.17. The first-order valence-corrected chi connectivity index (χ1v) is 10.7. The van der Waals surface area contributed by atoms with Crippen LogP contribution in [0, 0.1) is 0 Å². The predicted molar refractivity (Wildman–Crippen MR) is 126 cm³/mol. The molecule has 4 rings (SSSR count). The molecule has 1 amide bonds. The van der Waals surface area contributed by atoms with Gasteiger partial charge >= 0.3 is 0 Å². The number of anilines is 2. The topological polar surface area (TPSA) is 96.6 Å². The molecular weight excluding hydrogens is 404 g/mol. The van der Waals surface area contributed by atoms with Gasteiger partial charge in [0, 0.05) is 43.4 Å². The summed E-state index contributed by atoms with van der Waals surface area (Å²) in [6.07, 6.45) is 0. The van der Waals surface area contributed by atoms with E-state index in [1.807, 2.05) is 65.6 Å². The molecule has 2 aromatic carbocycles. The van der Waals surface area contributed by atoms with E-state index in [4.69, 9.17) is 10.5 Å². The Balaban J connectivity index is 1.37. The van der Waals surface area contributed by atoms with Crippen molar-refractivity contribution in [3.63, 3.8) is 0 Å². The van der Waals surface area contributed by atoms with E-state index in [1.54, 1.807) is 0 Å². The molecule has 32 heavy (non-hydrogen) atoms. The number of nitrogens with zero attached hydrogens (tertiary/aromatic N) is 4. The summed E-state index contributed by atoms with van der Waals surface area (Å²) in [6, 6.07) is 19.0. The highest BCUT2D eigenvalue weighted by Gasteiger charge is 2.20. The zero-order valence-electron chi connectivity index (χ0n) is 18.2.